The monoisotopic (exact) mass is 388 g/mol. The van der Waals surface area contributed by atoms with Gasteiger partial charge in [-0.3, -0.25) is 9.69 Å². The van der Waals surface area contributed by atoms with E-state index in [1.165, 1.54) is 24.1 Å². The van der Waals surface area contributed by atoms with E-state index in [1.54, 1.807) is 6.08 Å². The van der Waals surface area contributed by atoms with Crippen LogP contribution in [0.5, 0.6) is 0 Å². The molecule has 0 radical (unpaired) electrons. The first-order chi connectivity index (χ1) is 14.1. The molecular weight excluding hydrogens is 360 g/mol. The summed E-state index contributed by atoms with van der Waals surface area (Å²) in [4.78, 5) is 17.1. The number of piperazine rings is 1. The van der Waals surface area contributed by atoms with Crippen molar-refractivity contribution >= 4 is 12.0 Å². The molecule has 4 rings (SSSR count). The first kappa shape index (κ1) is 19.5. The van der Waals surface area contributed by atoms with Crippen LogP contribution < -0.4 is 0 Å². The van der Waals surface area contributed by atoms with Gasteiger partial charge < -0.3 is 9.47 Å². The molecule has 1 amide bonds. The first-order valence-corrected chi connectivity index (χ1v) is 10.4. The van der Waals surface area contributed by atoms with Crippen LogP contribution >= 0.6 is 0 Å². The molecule has 5 nitrogen and oxygen atoms in total. The van der Waals surface area contributed by atoms with Crippen molar-refractivity contribution in [2.24, 2.45) is 0 Å². The quantitative estimate of drug-likeness (QED) is 0.580. The van der Waals surface area contributed by atoms with Crippen LogP contribution in [0, 0.1) is 25.2 Å². The second-order valence-electron chi connectivity index (χ2n) is 8.15. The minimum absolute atomic E-state index is 0.150. The Morgan fingerprint density at radius 1 is 1.14 bits per heavy atom. The molecule has 0 bridgehead atoms. The molecule has 0 atom stereocenters. The molecule has 1 aromatic heterocycles. The van der Waals surface area contributed by atoms with Crippen molar-refractivity contribution < 1.29 is 4.79 Å². The molecule has 29 heavy (non-hydrogen) atoms. The van der Waals surface area contributed by atoms with E-state index < -0.39 is 0 Å². The van der Waals surface area contributed by atoms with Gasteiger partial charge in [0.15, 0.2) is 0 Å². The van der Waals surface area contributed by atoms with Crippen LogP contribution in [0.4, 0.5) is 0 Å². The van der Waals surface area contributed by atoms with E-state index in [2.05, 4.69) is 59.7 Å². The topological polar surface area (TPSA) is 52.3 Å². The molecule has 5 heteroatoms. The lowest BCUT2D eigenvalue weighted by molar-refractivity contribution is -0.128. The first-order valence-electron chi connectivity index (χ1n) is 10.4. The fourth-order valence-corrected chi connectivity index (χ4v) is 4.26. The lowest BCUT2D eigenvalue weighted by Crippen LogP contribution is -2.48. The summed E-state index contributed by atoms with van der Waals surface area (Å²) in [5.41, 5.74) is 4.87. The number of nitriles is 1. The van der Waals surface area contributed by atoms with Gasteiger partial charge in [0, 0.05) is 50.2 Å². The van der Waals surface area contributed by atoms with Crippen LogP contribution in [0.15, 0.2) is 42.0 Å². The fourth-order valence-electron chi connectivity index (χ4n) is 4.26. The van der Waals surface area contributed by atoms with E-state index >= 15 is 0 Å². The van der Waals surface area contributed by atoms with Crippen LogP contribution in [-0.4, -0.2) is 46.5 Å². The van der Waals surface area contributed by atoms with Crippen molar-refractivity contribution in [2.45, 2.75) is 39.3 Å². The zero-order valence-corrected chi connectivity index (χ0v) is 17.3. The zero-order chi connectivity index (χ0) is 20.4. The Kier molecular flexibility index (Phi) is 5.55. The summed E-state index contributed by atoms with van der Waals surface area (Å²) in [6.45, 7) is 8.06. The minimum atomic E-state index is -0.150. The highest BCUT2D eigenvalue weighted by Gasteiger charge is 2.28. The number of aryl methyl sites for hydroxylation is 1. The number of amides is 1. The zero-order valence-electron chi connectivity index (χ0n) is 17.3. The molecule has 1 aliphatic heterocycles. The van der Waals surface area contributed by atoms with Crippen molar-refractivity contribution in [2.75, 3.05) is 26.2 Å². The van der Waals surface area contributed by atoms with E-state index in [-0.39, 0.29) is 11.5 Å². The van der Waals surface area contributed by atoms with Gasteiger partial charge in [-0.15, -0.1) is 0 Å². The molecule has 150 valence electrons. The summed E-state index contributed by atoms with van der Waals surface area (Å²) in [7, 11) is 0. The van der Waals surface area contributed by atoms with Crippen LogP contribution in [0.3, 0.4) is 0 Å². The average molecular weight is 389 g/mol. The van der Waals surface area contributed by atoms with E-state index in [1.807, 2.05) is 11.0 Å². The average Bonchev–Trinajstić information content (AvgIpc) is 3.52. The molecule has 0 unspecified atom stereocenters. The lowest BCUT2D eigenvalue weighted by atomic mass is 10.1. The number of carbonyl (C=O) groups is 1. The highest BCUT2D eigenvalue weighted by molar-refractivity contribution is 6.01. The molecule has 1 aliphatic carbocycles. The van der Waals surface area contributed by atoms with Gasteiger partial charge in [-0.1, -0.05) is 30.3 Å². The van der Waals surface area contributed by atoms with Gasteiger partial charge in [0.25, 0.3) is 5.91 Å². The van der Waals surface area contributed by atoms with Gasteiger partial charge in [-0.2, -0.15) is 5.26 Å². The number of benzene rings is 1. The summed E-state index contributed by atoms with van der Waals surface area (Å²) in [6, 6.07) is 15.2. The number of hydrogen-bond donors (Lipinski definition) is 0. The normalized spacial score (nSPS) is 18.0. The Morgan fingerprint density at radius 3 is 2.45 bits per heavy atom. The Bertz CT molecular complexity index is 955. The summed E-state index contributed by atoms with van der Waals surface area (Å²) >= 11 is 0. The maximum Gasteiger partial charge on any atom is 0.264 e. The van der Waals surface area contributed by atoms with Gasteiger partial charge in [0.2, 0.25) is 0 Å². The number of hydrogen-bond acceptors (Lipinski definition) is 3. The van der Waals surface area contributed by atoms with Crippen molar-refractivity contribution in [3.05, 3.63) is 64.5 Å². The largest absolute Gasteiger partial charge is 0.346 e. The Hall–Kier alpha value is -2.84. The van der Waals surface area contributed by atoms with Gasteiger partial charge in [0.05, 0.1) is 0 Å². The highest BCUT2D eigenvalue weighted by Crippen LogP contribution is 2.38. The molecule has 1 aromatic carbocycles. The van der Waals surface area contributed by atoms with E-state index in [0.29, 0.717) is 19.1 Å². The third-order valence-electron chi connectivity index (χ3n) is 5.99. The predicted octanol–water partition coefficient (Wildman–Crippen LogP) is 3.69. The molecule has 1 saturated heterocycles. The molecule has 2 fully saturated rings. The third-order valence-corrected chi connectivity index (χ3v) is 5.99. The van der Waals surface area contributed by atoms with Gasteiger partial charge in [0.1, 0.15) is 11.6 Å². The van der Waals surface area contributed by atoms with E-state index in [9.17, 15) is 10.1 Å². The Balaban J connectivity index is 1.41. The molecule has 2 aliphatic rings. The van der Waals surface area contributed by atoms with E-state index in [0.717, 1.165) is 30.9 Å². The van der Waals surface area contributed by atoms with Gasteiger partial charge in [-0.25, -0.2) is 0 Å². The molecule has 2 aromatic rings. The second kappa shape index (κ2) is 8.26. The predicted molar refractivity (Wildman–Crippen MR) is 114 cm³/mol. The molecule has 2 heterocycles. The van der Waals surface area contributed by atoms with Gasteiger partial charge >= 0.3 is 0 Å². The SMILES string of the molecule is Cc1cc(/C=C(\C#N)C(=O)N2CCN(Cc3ccccc3)CC2)c(C)n1C1CC1. The van der Waals surface area contributed by atoms with Crippen LogP contribution in [0.2, 0.25) is 0 Å². The number of carbonyl (C=O) groups excluding carboxylic acids is 1. The third kappa shape index (κ3) is 4.28. The van der Waals surface area contributed by atoms with Crippen molar-refractivity contribution in [3.8, 4) is 6.07 Å². The summed E-state index contributed by atoms with van der Waals surface area (Å²) in [6.07, 6.45) is 4.22. The maximum atomic E-state index is 13.0. The van der Waals surface area contributed by atoms with E-state index in [4.69, 9.17) is 0 Å². The van der Waals surface area contributed by atoms with Crippen molar-refractivity contribution in [1.82, 2.24) is 14.4 Å². The summed E-state index contributed by atoms with van der Waals surface area (Å²) in [5, 5.41) is 9.64. The highest BCUT2D eigenvalue weighted by atomic mass is 16.2. The van der Waals surface area contributed by atoms with Crippen LogP contribution in [0.25, 0.3) is 6.08 Å². The molecule has 0 N–H and O–H groups in total. The summed E-state index contributed by atoms with van der Waals surface area (Å²) < 4.78 is 2.34. The number of rotatable bonds is 5. The fraction of sp³-hybridized carbons (Fsp3) is 0.417. The second-order valence-corrected chi connectivity index (χ2v) is 8.15. The Labute approximate surface area is 172 Å². The minimum Gasteiger partial charge on any atom is -0.346 e. The lowest BCUT2D eigenvalue weighted by Gasteiger charge is -2.34. The smallest absolute Gasteiger partial charge is 0.264 e. The van der Waals surface area contributed by atoms with Crippen molar-refractivity contribution in [3.63, 3.8) is 0 Å². The standard InChI is InChI=1S/C24H28N4O/c1-18-14-21(19(2)28(18)23-8-9-23)15-22(16-25)24(29)27-12-10-26(11-13-27)17-20-6-4-3-5-7-20/h3-7,14-15,23H,8-13,17H2,1-2H3/b22-15+. The number of aromatic nitrogens is 1. The Morgan fingerprint density at radius 2 is 1.83 bits per heavy atom. The molecular formula is C24H28N4O. The van der Waals surface area contributed by atoms with Crippen molar-refractivity contribution in [1.29, 1.82) is 5.26 Å². The van der Waals surface area contributed by atoms with Crippen LogP contribution in [-0.2, 0) is 11.3 Å². The number of nitrogens with zero attached hydrogens (tertiary/aromatic N) is 4. The maximum absolute atomic E-state index is 13.0. The summed E-state index contributed by atoms with van der Waals surface area (Å²) in [5.74, 6) is -0.150. The van der Waals surface area contributed by atoms with Gasteiger partial charge in [-0.05, 0) is 50.0 Å². The molecule has 0 spiro atoms. The van der Waals surface area contributed by atoms with Crippen LogP contribution in [0.1, 0.15) is 41.4 Å². The molecule has 1 saturated carbocycles.